The maximum absolute atomic E-state index is 12.6. The molecule has 0 fully saturated rings. The predicted octanol–water partition coefficient (Wildman–Crippen LogP) is 4.65. The summed E-state index contributed by atoms with van der Waals surface area (Å²) in [5.41, 5.74) is 5.08. The van der Waals surface area contributed by atoms with Gasteiger partial charge in [0.1, 0.15) is 5.82 Å². The van der Waals surface area contributed by atoms with Gasteiger partial charge in [-0.05, 0) is 73.5 Å². The van der Waals surface area contributed by atoms with Crippen molar-refractivity contribution in [3.63, 3.8) is 0 Å². The topological polar surface area (TPSA) is 83.1 Å². The number of pyridine rings is 1. The molecule has 142 valence electrons. The van der Waals surface area contributed by atoms with Crippen LogP contribution in [0, 0.1) is 13.8 Å². The van der Waals surface area contributed by atoms with Gasteiger partial charge in [0.15, 0.2) is 0 Å². The first-order chi connectivity index (χ1) is 13.4. The number of aryl methyl sites for hydroxylation is 2. The van der Waals surface area contributed by atoms with Crippen molar-refractivity contribution in [2.24, 2.45) is 0 Å². The fraction of sp³-hybridized carbons (Fsp3) is 0.136. The zero-order valence-corrected chi connectivity index (χ0v) is 16.0. The normalized spacial score (nSPS) is 10.2. The molecule has 0 saturated heterocycles. The smallest absolute Gasteiger partial charge is 0.255 e. The Kier molecular flexibility index (Phi) is 5.69. The van der Waals surface area contributed by atoms with Crippen molar-refractivity contribution in [2.45, 2.75) is 20.8 Å². The lowest BCUT2D eigenvalue weighted by atomic mass is 10.1. The van der Waals surface area contributed by atoms with Crippen LogP contribution in [-0.4, -0.2) is 16.8 Å². The average Bonchev–Trinajstić information content (AvgIpc) is 2.66. The fourth-order valence-electron chi connectivity index (χ4n) is 2.65. The summed E-state index contributed by atoms with van der Waals surface area (Å²) in [4.78, 5) is 27.9. The van der Waals surface area contributed by atoms with Gasteiger partial charge in [0, 0.05) is 35.7 Å². The van der Waals surface area contributed by atoms with E-state index in [4.69, 9.17) is 0 Å². The van der Waals surface area contributed by atoms with E-state index in [1.165, 1.54) is 12.5 Å². The van der Waals surface area contributed by atoms with E-state index in [9.17, 15) is 9.59 Å². The standard InChI is InChI=1S/C22H22N4O2/c1-14-4-5-20(12-15(14)2)26-22(28)17-10-11-23-21(13-17)25-19-8-6-18(7-9-19)24-16(3)27/h4-13H,1-3H3,(H,23,25)(H,24,27)(H,26,28). The highest BCUT2D eigenvalue weighted by Gasteiger charge is 2.08. The van der Waals surface area contributed by atoms with Crippen LogP contribution in [0.5, 0.6) is 0 Å². The van der Waals surface area contributed by atoms with Crippen molar-refractivity contribution >= 4 is 34.7 Å². The molecule has 0 aliphatic heterocycles. The molecule has 0 aliphatic carbocycles. The van der Waals surface area contributed by atoms with Crippen LogP contribution in [0.4, 0.5) is 22.9 Å². The maximum Gasteiger partial charge on any atom is 0.255 e. The lowest BCUT2D eigenvalue weighted by Gasteiger charge is -2.10. The molecule has 3 N–H and O–H groups in total. The maximum atomic E-state index is 12.6. The molecule has 3 rings (SSSR count). The molecule has 1 aromatic heterocycles. The molecule has 0 bridgehead atoms. The highest BCUT2D eigenvalue weighted by molar-refractivity contribution is 6.04. The van der Waals surface area contributed by atoms with Gasteiger partial charge in [-0.2, -0.15) is 0 Å². The van der Waals surface area contributed by atoms with Crippen molar-refractivity contribution < 1.29 is 9.59 Å². The number of rotatable bonds is 5. The number of carbonyl (C=O) groups is 2. The third-order valence-corrected chi connectivity index (χ3v) is 4.26. The number of amides is 2. The summed E-state index contributed by atoms with van der Waals surface area (Å²) >= 11 is 0. The Labute approximate surface area is 164 Å². The van der Waals surface area contributed by atoms with Crippen molar-refractivity contribution in [3.05, 3.63) is 77.5 Å². The molecule has 2 amide bonds. The number of carbonyl (C=O) groups excluding carboxylic acids is 2. The number of nitrogens with zero attached hydrogens (tertiary/aromatic N) is 1. The molecule has 0 saturated carbocycles. The molecule has 0 atom stereocenters. The van der Waals surface area contributed by atoms with Crippen molar-refractivity contribution in [1.82, 2.24) is 4.98 Å². The van der Waals surface area contributed by atoms with Crippen molar-refractivity contribution in [1.29, 1.82) is 0 Å². The summed E-state index contributed by atoms with van der Waals surface area (Å²) in [7, 11) is 0. The molecule has 3 aromatic rings. The van der Waals surface area contributed by atoms with Gasteiger partial charge in [0.2, 0.25) is 5.91 Å². The van der Waals surface area contributed by atoms with Gasteiger partial charge < -0.3 is 16.0 Å². The van der Waals surface area contributed by atoms with Gasteiger partial charge in [0.25, 0.3) is 5.91 Å². The summed E-state index contributed by atoms with van der Waals surface area (Å²) in [6.45, 7) is 5.51. The summed E-state index contributed by atoms with van der Waals surface area (Å²) < 4.78 is 0. The van der Waals surface area contributed by atoms with E-state index in [1.54, 1.807) is 30.5 Å². The van der Waals surface area contributed by atoms with Gasteiger partial charge in [0.05, 0.1) is 0 Å². The van der Waals surface area contributed by atoms with Gasteiger partial charge in [-0.1, -0.05) is 6.07 Å². The third-order valence-electron chi connectivity index (χ3n) is 4.26. The zero-order chi connectivity index (χ0) is 20.1. The molecule has 0 radical (unpaired) electrons. The molecular formula is C22H22N4O2. The Hall–Kier alpha value is -3.67. The molecule has 0 unspecified atom stereocenters. The number of benzene rings is 2. The second kappa shape index (κ2) is 8.35. The Bertz CT molecular complexity index is 1010. The number of hydrogen-bond acceptors (Lipinski definition) is 4. The predicted molar refractivity (Wildman–Crippen MR) is 112 cm³/mol. The Morgan fingerprint density at radius 3 is 2.14 bits per heavy atom. The monoisotopic (exact) mass is 374 g/mol. The molecule has 6 heteroatoms. The van der Waals surface area contributed by atoms with Gasteiger partial charge >= 0.3 is 0 Å². The number of nitrogens with one attached hydrogen (secondary N) is 3. The molecule has 0 aliphatic rings. The van der Waals surface area contributed by atoms with Gasteiger partial charge in [-0.3, -0.25) is 9.59 Å². The Morgan fingerprint density at radius 2 is 1.46 bits per heavy atom. The lowest BCUT2D eigenvalue weighted by molar-refractivity contribution is -0.114. The minimum absolute atomic E-state index is 0.121. The first-order valence-electron chi connectivity index (χ1n) is 8.90. The van der Waals surface area contributed by atoms with Crippen LogP contribution in [0.25, 0.3) is 0 Å². The minimum Gasteiger partial charge on any atom is -0.340 e. The number of aromatic nitrogens is 1. The van der Waals surface area contributed by atoms with E-state index < -0.39 is 0 Å². The van der Waals surface area contributed by atoms with Gasteiger partial charge in [-0.15, -0.1) is 0 Å². The van der Waals surface area contributed by atoms with Crippen LogP contribution < -0.4 is 16.0 Å². The molecule has 2 aromatic carbocycles. The second-order valence-electron chi connectivity index (χ2n) is 6.57. The van der Waals surface area contributed by atoms with Crippen LogP contribution in [-0.2, 0) is 4.79 Å². The first kappa shape index (κ1) is 19.1. The molecule has 1 heterocycles. The fourth-order valence-corrected chi connectivity index (χ4v) is 2.65. The van der Waals surface area contributed by atoms with E-state index in [1.807, 2.05) is 44.2 Å². The van der Waals surface area contributed by atoms with Gasteiger partial charge in [-0.25, -0.2) is 4.98 Å². The summed E-state index contributed by atoms with van der Waals surface area (Å²) in [6, 6.07) is 16.4. The number of hydrogen-bond donors (Lipinski definition) is 3. The van der Waals surface area contributed by atoms with Crippen molar-refractivity contribution in [3.8, 4) is 0 Å². The SMILES string of the molecule is CC(=O)Nc1ccc(Nc2cc(C(=O)Nc3ccc(C)c(C)c3)ccn2)cc1. The highest BCUT2D eigenvalue weighted by atomic mass is 16.2. The van der Waals surface area contributed by atoms with E-state index in [0.29, 0.717) is 17.1 Å². The molecule has 0 spiro atoms. The third kappa shape index (κ3) is 4.94. The van der Waals surface area contributed by atoms with E-state index in [0.717, 1.165) is 16.9 Å². The Morgan fingerprint density at radius 1 is 0.786 bits per heavy atom. The summed E-state index contributed by atoms with van der Waals surface area (Å²) in [5.74, 6) is 0.236. The van der Waals surface area contributed by atoms with Crippen LogP contribution in [0.15, 0.2) is 60.8 Å². The quantitative estimate of drug-likeness (QED) is 0.607. The van der Waals surface area contributed by atoms with E-state index in [-0.39, 0.29) is 11.8 Å². The first-order valence-corrected chi connectivity index (χ1v) is 8.90. The summed E-state index contributed by atoms with van der Waals surface area (Å²) in [6.07, 6.45) is 1.59. The zero-order valence-electron chi connectivity index (χ0n) is 16.0. The van der Waals surface area contributed by atoms with Crippen molar-refractivity contribution in [2.75, 3.05) is 16.0 Å². The molecule has 28 heavy (non-hydrogen) atoms. The highest BCUT2D eigenvalue weighted by Crippen LogP contribution is 2.19. The van der Waals surface area contributed by atoms with Crippen LogP contribution in [0.1, 0.15) is 28.4 Å². The molecular weight excluding hydrogens is 352 g/mol. The van der Waals surface area contributed by atoms with Crippen LogP contribution >= 0.6 is 0 Å². The van der Waals surface area contributed by atoms with Crippen LogP contribution in [0.3, 0.4) is 0 Å². The van der Waals surface area contributed by atoms with E-state index in [2.05, 4.69) is 20.9 Å². The average molecular weight is 374 g/mol. The molecule has 6 nitrogen and oxygen atoms in total. The summed E-state index contributed by atoms with van der Waals surface area (Å²) in [5, 5.41) is 8.78. The largest absolute Gasteiger partial charge is 0.340 e. The lowest BCUT2D eigenvalue weighted by Crippen LogP contribution is -2.12. The Balaban J connectivity index is 1.70. The van der Waals surface area contributed by atoms with Crippen LogP contribution in [0.2, 0.25) is 0 Å². The second-order valence-corrected chi connectivity index (χ2v) is 6.57. The van der Waals surface area contributed by atoms with E-state index >= 15 is 0 Å². The number of anilines is 4. The minimum atomic E-state index is -0.199.